The van der Waals surface area contributed by atoms with E-state index in [2.05, 4.69) is 10.6 Å². The maximum atomic E-state index is 12.2. The monoisotopic (exact) mass is 418 g/mol. The van der Waals surface area contributed by atoms with Crippen molar-refractivity contribution in [3.05, 3.63) is 51.5 Å². The molecule has 0 aliphatic heterocycles. The van der Waals surface area contributed by atoms with E-state index in [0.717, 1.165) is 0 Å². The van der Waals surface area contributed by atoms with Crippen molar-refractivity contribution in [2.24, 2.45) is 0 Å². The van der Waals surface area contributed by atoms with E-state index in [9.17, 15) is 9.90 Å². The number of rotatable bonds is 4. The second-order valence-electron chi connectivity index (χ2n) is 4.94. The molecule has 2 aromatic carbocycles. The number of benzene rings is 2. The number of phenols is 1. The first-order valence-electron chi connectivity index (χ1n) is 6.98. The number of amides is 1. The van der Waals surface area contributed by atoms with Gasteiger partial charge in [0, 0.05) is 10.0 Å². The highest BCUT2D eigenvalue weighted by atomic mass is 35.5. The molecular weight excluding hydrogens is 407 g/mol. The first-order valence-corrected chi connectivity index (χ1v) is 8.52. The Morgan fingerprint density at radius 1 is 1.16 bits per heavy atom. The van der Waals surface area contributed by atoms with Gasteiger partial charge in [0.2, 0.25) is 0 Å². The van der Waals surface area contributed by atoms with E-state index in [-0.39, 0.29) is 21.6 Å². The first-order chi connectivity index (χ1) is 11.8. The number of hydrogen-bond acceptors (Lipinski definition) is 4. The van der Waals surface area contributed by atoms with Crippen LogP contribution >= 0.6 is 47.0 Å². The quantitative estimate of drug-likeness (QED) is 0.498. The van der Waals surface area contributed by atoms with Crippen molar-refractivity contribution >= 4 is 63.7 Å². The molecule has 0 bridgehead atoms. The number of halogens is 3. The fourth-order valence-electron chi connectivity index (χ4n) is 1.79. The summed E-state index contributed by atoms with van der Waals surface area (Å²) in [7, 11) is 0. The van der Waals surface area contributed by atoms with Crippen molar-refractivity contribution in [1.29, 1.82) is 0 Å². The van der Waals surface area contributed by atoms with Gasteiger partial charge in [-0.1, -0.05) is 34.8 Å². The highest BCUT2D eigenvalue weighted by Crippen LogP contribution is 2.28. The molecule has 0 aromatic heterocycles. The summed E-state index contributed by atoms with van der Waals surface area (Å²) in [5.41, 5.74) is 0.270. The maximum absolute atomic E-state index is 12.2. The summed E-state index contributed by atoms with van der Waals surface area (Å²) in [6, 6.07) is 9.08. The smallest absolute Gasteiger partial charge is 0.266 e. The van der Waals surface area contributed by atoms with Crippen molar-refractivity contribution in [3.8, 4) is 11.5 Å². The van der Waals surface area contributed by atoms with Gasteiger partial charge >= 0.3 is 0 Å². The highest BCUT2D eigenvalue weighted by Gasteiger charge is 2.18. The SMILES string of the molecule is CC(Oc1ccc(Cl)cc1Cl)C(=O)NC(=S)Nc1cc(Cl)ccc1O. The Bertz CT molecular complexity index is 817. The standard InChI is InChI=1S/C16H13Cl3N2O3S/c1-8(24-14-5-3-9(17)6-11(14)19)15(23)21-16(25)20-12-7-10(18)2-4-13(12)22/h2-8,22H,1H3,(H2,20,21,23,25). The summed E-state index contributed by atoms with van der Waals surface area (Å²) in [5.74, 6) is -0.233. The summed E-state index contributed by atoms with van der Waals surface area (Å²) in [6.45, 7) is 1.54. The van der Waals surface area contributed by atoms with Crippen LogP contribution in [0, 0.1) is 0 Å². The maximum Gasteiger partial charge on any atom is 0.266 e. The summed E-state index contributed by atoms with van der Waals surface area (Å²) in [4.78, 5) is 12.2. The molecule has 0 fully saturated rings. The van der Waals surface area contributed by atoms with E-state index < -0.39 is 12.0 Å². The summed E-state index contributed by atoms with van der Waals surface area (Å²) < 4.78 is 5.50. The summed E-state index contributed by atoms with van der Waals surface area (Å²) in [5, 5.41) is 16.0. The predicted octanol–water partition coefficient (Wildman–Crippen LogP) is 4.63. The van der Waals surface area contributed by atoms with Crippen LogP contribution in [0.2, 0.25) is 15.1 Å². The molecule has 3 N–H and O–H groups in total. The van der Waals surface area contributed by atoms with E-state index in [1.165, 1.54) is 24.3 Å². The Balaban J connectivity index is 1.96. The highest BCUT2D eigenvalue weighted by molar-refractivity contribution is 7.80. The Morgan fingerprint density at radius 2 is 1.80 bits per heavy atom. The zero-order valence-electron chi connectivity index (χ0n) is 12.8. The van der Waals surface area contributed by atoms with Crippen LogP contribution in [0.5, 0.6) is 11.5 Å². The minimum absolute atomic E-state index is 0.0137. The number of hydrogen-bond donors (Lipinski definition) is 3. The van der Waals surface area contributed by atoms with Crippen LogP contribution in [0.1, 0.15) is 6.92 Å². The van der Waals surface area contributed by atoms with Gasteiger partial charge in [0.05, 0.1) is 10.7 Å². The van der Waals surface area contributed by atoms with Crippen molar-refractivity contribution in [2.75, 3.05) is 5.32 Å². The van der Waals surface area contributed by atoms with Gasteiger partial charge in [-0.15, -0.1) is 0 Å². The van der Waals surface area contributed by atoms with Crippen LogP contribution in [-0.2, 0) is 4.79 Å². The minimum Gasteiger partial charge on any atom is -0.506 e. The molecule has 2 aromatic rings. The van der Waals surface area contributed by atoms with Crippen LogP contribution in [0.15, 0.2) is 36.4 Å². The average Bonchev–Trinajstić information content (AvgIpc) is 2.53. The lowest BCUT2D eigenvalue weighted by molar-refractivity contribution is -0.125. The van der Waals surface area contributed by atoms with Gasteiger partial charge in [-0.2, -0.15) is 0 Å². The third-order valence-electron chi connectivity index (χ3n) is 3.01. The second-order valence-corrected chi connectivity index (χ2v) is 6.63. The number of phenolic OH excluding ortho intramolecular Hbond substituents is 1. The topological polar surface area (TPSA) is 70.6 Å². The normalized spacial score (nSPS) is 11.5. The van der Waals surface area contributed by atoms with Gasteiger partial charge in [0.15, 0.2) is 11.2 Å². The molecule has 0 heterocycles. The molecule has 2 rings (SSSR count). The molecule has 0 saturated carbocycles. The van der Waals surface area contributed by atoms with E-state index in [1.807, 2.05) is 0 Å². The second kappa shape index (κ2) is 8.58. The Kier molecular flexibility index (Phi) is 6.72. The molecule has 0 spiro atoms. The van der Waals surface area contributed by atoms with Gasteiger partial charge in [-0.3, -0.25) is 10.1 Å². The Labute approximate surface area is 164 Å². The molecule has 5 nitrogen and oxygen atoms in total. The number of thiocarbonyl (C=S) groups is 1. The molecule has 1 unspecified atom stereocenters. The molecule has 0 saturated heterocycles. The van der Waals surface area contributed by atoms with Crippen molar-refractivity contribution in [1.82, 2.24) is 5.32 Å². The molecule has 0 aliphatic carbocycles. The Morgan fingerprint density at radius 3 is 2.48 bits per heavy atom. The van der Waals surface area contributed by atoms with Gasteiger partial charge in [-0.05, 0) is 55.5 Å². The third kappa shape index (κ3) is 5.64. The van der Waals surface area contributed by atoms with E-state index in [4.69, 9.17) is 51.8 Å². The van der Waals surface area contributed by atoms with Crippen LogP contribution in [0.3, 0.4) is 0 Å². The molecule has 0 radical (unpaired) electrons. The predicted molar refractivity (Wildman–Crippen MR) is 104 cm³/mol. The van der Waals surface area contributed by atoms with E-state index in [0.29, 0.717) is 15.8 Å². The number of carbonyl (C=O) groups excluding carboxylic acids is 1. The first kappa shape index (κ1) is 19.6. The van der Waals surface area contributed by atoms with Crippen molar-refractivity contribution in [2.45, 2.75) is 13.0 Å². The lowest BCUT2D eigenvalue weighted by atomic mass is 10.3. The third-order valence-corrected chi connectivity index (χ3v) is 3.98. The lowest BCUT2D eigenvalue weighted by Gasteiger charge is -2.17. The number of aromatic hydroxyl groups is 1. The van der Waals surface area contributed by atoms with Gasteiger partial charge in [0.25, 0.3) is 5.91 Å². The van der Waals surface area contributed by atoms with Crippen molar-refractivity contribution in [3.63, 3.8) is 0 Å². The number of ether oxygens (including phenoxy) is 1. The molecule has 0 aliphatic rings. The van der Waals surface area contributed by atoms with Crippen LogP contribution in [0.4, 0.5) is 5.69 Å². The van der Waals surface area contributed by atoms with Crippen LogP contribution < -0.4 is 15.4 Å². The zero-order chi connectivity index (χ0) is 18.6. The molecular formula is C16H13Cl3N2O3S. The zero-order valence-corrected chi connectivity index (χ0v) is 15.9. The molecule has 132 valence electrons. The largest absolute Gasteiger partial charge is 0.506 e. The van der Waals surface area contributed by atoms with Crippen LogP contribution in [0.25, 0.3) is 0 Å². The summed E-state index contributed by atoms with van der Waals surface area (Å²) >= 11 is 22.7. The van der Waals surface area contributed by atoms with Gasteiger partial charge < -0.3 is 15.2 Å². The number of anilines is 1. The van der Waals surface area contributed by atoms with E-state index >= 15 is 0 Å². The average molecular weight is 420 g/mol. The van der Waals surface area contributed by atoms with Crippen molar-refractivity contribution < 1.29 is 14.6 Å². The fraction of sp³-hybridized carbons (Fsp3) is 0.125. The molecule has 1 atom stereocenters. The Hall–Kier alpha value is -1.73. The van der Waals surface area contributed by atoms with Gasteiger partial charge in [0.1, 0.15) is 11.5 Å². The number of carbonyl (C=O) groups is 1. The van der Waals surface area contributed by atoms with Gasteiger partial charge in [-0.25, -0.2) is 0 Å². The molecule has 1 amide bonds. The lowest BCUT2D eigenvalue weighted by Crippen LogP contribution is -2.42. The fourth-order valence-corrected chi connectivity index (χ4v) is 2.63. The van der Waals surface area contributed by atoms with E-state index in [1.54, 1.807) is 19.1 Å². The summed E-state index contributed by atoms with van der Waals surface area (Å²) in [6.07, 6.45) is -0.869. The van der Waals surface area contributed by atoms with Crippen LogP contribution in [-0.4, -0.2) is 22.2 Å². The molecule has 25 heavy (non-hydrogen) atoms. The molecule has 9 heteroatoms. The minimum atomic E-state index is -0.869. The number of nitrogens with one attached hydrogen (secondary N) is 2.